The van der Waals surface area contributed by atoms with Gasteiger partial charge in [-0.15, -0.1) is 0 Å². The van der Waals surface area contributed by atoms with Crippen molar-refractivity contribution in [2.75, 3.05) is 49.9 Å². The lowest BCUT2D eigenvalue weighted by atomic mass is 10.0. The summed E-state index contributed by atoms with van der Waals surface area (Å²) in [7, 11) is 0. The van der Waals surface area contributed by atoms with Gasteiger partial charge >= 0.3 is 0 Å². The van der Waals surface area contributed by atoms with Gasteiger partial charge in [-0.25, -0.2) is 0 Å². The molecule has 4 heteroatoms. The Morgan fingerprint density at radius 3 is 2.21 bits per heavy atom. The van der Waals surface area contributed by atoms with Gasteiger partial charge in [-0.05, 0) is 37.1 Å². The highest BCUT2D eigenvalue weighted by Gasteiger charge is 2.25. The predicted octanol–water partition coefficient (Wildman–Crippen LogP) is 1.14. The molecular formula is C15H24N4. The summed E-state index contributed by atoms with van der Waals surface area (Å²) in [6.45, 7) is 7.06. The molecule has 2 fully saturated rings. The Kier molecular flexibility index (Phi) is 3.89. The summed E-state index contributed by atoms with van der Waals surface area (Å²) < 4.78 is 0. The number of nitrogens with two attached hydrogens (primary N) is 1. The van der Waals surface area contributed by atoms with E-state index in [1.54, 1.807) is 0 Å². The number of anilines is 2. The van der Waals surface area contributed by atoms with Crippen molar-refractivity contribution in [1.82, 2.24) is 10.2 Å². The van der Waals surface area contributed by atoms with Gasteiger partial charge in [-0.3, -0.25) is 4.90 Å². The summed E-state index contributed by atoms with van der Waals surface area (Å²) in [4.78, 5) is 5.15. The molecule has 0 unspecified atom stereocenters. The maximum atomic E-state index is 5.74. The van der Waals surface area contributed by atoms with Gasteiger partial charge in [0.1, 0.15) is 0 Å². The SMILES string of the molecule is Nc1ccc(N2CCC(N3CCNCC3)CC2)cc1. The van der Waals surface area contributed by atoms with Crippen LogP contribution in [-0.2, 0) is 0 Å². The van der Waals surface area contributed by atoms with Gasteiger partial charge in [0.15, 0.2) is 0 Å². The van der Waals surface area contributed by atoms with Crippen LogP contribution in [0.2, 0.25) is 0 Å². The lowest BCUT2D eigenvalue weighted by Gasteiger charge is -2.41. The molecule has 0 aliphatic carbocycles. The topological polar surface area (TPSA) is 44.5 Å². The first-order valence-electron chi connectivity index (χ1n) is 7.38. The molecule has 0 aromatic heterocycles. The zero-order chi connectivity index (χ0) is 13.1. The smallest absolute Gasteiger partial charge is 0.0367 e. The molecule has 0 radical (unpaired) electrons. The van der Waals surface area contributed by atoms with Crippen LogP contribution in [0.25, 0.3) is 0 Å². The molecule has 19 heavy (non-hydrogen) atoms. The second-order valence-electron chi connectivity index (χ2n) is 5.60. The molecule has 2 aliphatic rings. The molecule has 2 saturated heterocycles. The Morgan fingerprint density at radius 2 is 1.58 bits per heavy atom. The molecule has 2 heterocycles. The van der Waals surface area contributed by atoms with Gasteiger partial charge in [0.05, 0.1) is 0 Å². The van der Waals surface area contributed by atoms with E-state index in [1.807, 2.05) is 12.1 Å². The maximum absolute atomic E-state index is 5.74. The van der Waals surface area contributed by atoms with Crippen molar-refractivity contribution in [3.63, 3.8) is 0 Å². The van der Waals surface area contributed by atoms with Gasteiger partial charge in [-0.2, -0.15) is 0 Å². The zero-order valence-corrected chi connectivity index (χ0v) is 11.5. The molecular weight excluding hydrogens is 236 g/mol. The highest BCUT2D eigenvalue weighted by Crippen LogP contribution is 2.23. The normalized spacial score (nSPS) is 22.6. The van der Waals surface area contributed by atoms with E-state index in [2.05, 4.69) is 27.2 Å². The van der Waals surface area contributed by atoms with E-state index in [1.165, 1.54) is 44.7 Å². The third-order valence-corrected chi connectivity index (χ3v) is 4.39. The van der Waals surface area contributed by atoms with E-state index < -0.39 is 0 Å². The molecule has 2 aliphatic heterocycles. The Morgan fingerprint density at radius 1 is 0.947 bits per heavy atom. The highest BCUT2D eigenvalue weighted by molar-refractivity contribution is 5.53. The summed E-state index contributed by atoms with van der Waals surface area (Å²) >= 11 is 0. The van der Waals surface area contributed by atoms with Crippen molar-refractivity contribution in [1.29, 1.82) is 0 Å². The second-order valence-corrected chi connectivity index (χ2v) is 5.60. The maximum Gasteiger partial charge on any atom is 0.0367 e. The minimum Gasteiger partial charge on any atom is -0.399 e. The van der Waals surface area contributed by atoms with Crippen LogP contribution in [0, 0.1) is 0 Å². The van der Waals surface area contributed by atoms with Crippen LogP contribution in [0.1, 0.15) is 12.8 Å². The molecule has 3 rings (SSSR count). The van der Waals surface area contributed by atoms with E-state index in [-0.39, 0.29) is 0 Å². The Balaban J connectivity index is 1.55. The van der Waals surface area contributed by atoms with E-state index >= 15 is 0 Å². The first kappa shape index (κ1) is 12.8. The number of nitrogens with zero attached hydrogens (tertiary/aromatic N) is 2. The average Bonchev–Trinajstić information content (AvgIpc) is 2.49. The number of hydrogen-bond donors (Lipinski definition) is 2. The monoisotopic (exact) mass is 260 g/mol. The summed E-state index contributed by atoms with van der Waals surface area (Å²) in [6.07, 6.45) is 2.56. The largest absolute Gasteiger partial charge is 0.399 e. The lowest BCUT2D eigenvalue weighted by Crippen LogP contribution is -2.52. The van der Waals surface area contributed by atoms with Crippen molar-refractivity contribution >= 4 is 11.4 Å². The zero-order valence-electron chi connectivity index (χ0n) is 11.5. The van der Waals surface area contributed by atoms with Crippen LogP contribution >= 0.6 is 0 Å². The van der Waals surface area contributed by atoms with Crippen LogP contribution in [0.5, 0.6) is 0 Å². The number of hydrogen-bond acceptors (Lipinski definition) is 4. The fourth-order valence-corrected chi connectivity index (χ4v) is 3.22. The van der Waals surface area contributed by atoms with E-state index in [4.69, 9.17) is 5.73 Å². The van der Waals surface area contributed by atoms with Crippen molar-refractivity contribution in [3.05, 3.63) is 24.3 Å². The van der Waals surface area contributed by atoms with E-state index in [0.717, 1.165) is 24.8 Å². The van der Waals surface area contributed by atoms with Crippen LogP contribution in [0.4, 0.5) is 11.4 Å². The number of rotatable bonds is 2. The molecule has 0 spiro atoms. The Labute approximate surface area is 115 Å². The van der Waals surface area contributed by atoms with Crippen molar-refractivity contribution < 1.29 is 0 Å². The van der Waals surface area contributed by atoms with Gasteiger partial charge in [0.25, 0.3) is 0 Å². The molecule has 0 saturated carbocycles. The fraction of sp³-hybridized carbons (Fsp3) is 0.600. The van der Waals surface area contributed by atoms with Gasteiger partial charge in [0, 0.05) is 56.7 Å². The summed E-state index contributed by atoms with van der Waals surface area (Å²) in [6, 6.07) is 9.06. The molecule has 0 amide bonds. The van der Waals surface area contributed by atoms with Crippen LogP contribution in [0.15, 0.2) is 24.3 Å². The summed E-state index contributed by atoms with van der Waals surface area (Å²) in [5.74, 6) is 0. The first-order chi connectivity index (χ1) is 9.33. The minimum absolute atomic E-state index is 0.784. The van der Waals surface area contributed by atoms with Crippen LogP contribution < -0.4 is 16.0 Å². The quantitative estimate of drug-likeness (QED) is 0.783. The minimum atomic E-state index is 0.784. The summed E-state index contributed by atoms with van der Waals surface area (Å²) in [5, 5.41) is 3.43. The molecule has 3 N–H and O–H groups in total. The first-order valence-corrected chi connectivity index (χ1v) is 7.38. The molecule has 0 atom stereocenters. The second kappa shape index (κ2) is 5.80. The van der Waals surface area contributed by atoms with Gasteiger partial charge < -0.3 is 16.0 Å². The molecule has 104 valence electrons. The summed E-state index contributed by atoms with van der Waals surface area (Å²) in [5.41, 5.74) is 7.90. The molecule has 4 nitrogen and oxygen atoms in total. The number of piperidine rings is 1. The van der Waals surface area contributed by atoms with Crippen LogP contribution in [0.3, 0.4) is 0 Å². The molecule has 0 bridgehead atoms. The predicted molar refractivity (Wildman–Crippen MR) is 80.5 cm³/mol. The van der Waals surface area contributed by atoms with Crippen LogP contribution in [-0.4, -0.2) is 50.2 Å². The van der Waals surface area contributed by atoms with Crippen molar-refractivity contribution in [3.8, 4) is 0 Å². The standard InChI is InChI=1S/C15H24N4/c16-13-1-3-14(4-2-13)18-9-5-15(6-10-18)19-11-7-17-8-12-19/h1-4,15,17H,5-12,16H2. The van der Waals surface area contributed by atoms with Crippen molar-refractivity contribution in [2.45, 2.75) is 18.9 Å². The Hall–Kier alpha value is -1.26. The third kappa shape index (κ3) is 3.01. The van der Waals surface area contributed by atoms with E-state index in [0.29, 0.717) is 0 Å². The molecule has 1 aromatic rings. The highest BCUT2D eigenvalue weighted by atomic mass is 15.2. The van der Waals surface area contributed by atoms with Crippen molar-refractivity contribution in [2.24, 2.45) is 0 Å². The molecule has 1 aromatic carbocycles. The number of piperazine rings is 1. The Bertz CT molecular complexity index is 389. The average molecular weight is 260 g/mol. The van der Waals surface area contributed by atoms with Gasteiger partial charge in [-0.1, -0.05) is 0 Å². The number of benzene rings is 1. The van der Waals surface area contributed by atoms with Gasteiger partial charge in [0.2, 0.25) is 0 Å². The third-order valence-electron chi connectivity index (χ3n) is 4.39. The van der Waals surface area contributed by atoms with E-state index in [9.17, 15) is 0 Å². The fourth-order valence-electron chi connectivity index (χ4n) is 3.22. The number of nitrogen functional groups attached to an aromatic ring is 1. The lowest BCUT2D eigenvalue weighted by molar-refractivity contribution is 0.150. The number of nitrogens with one attached hydrogen (secondary N) is 1.